The smallest absolute Gasteiger partial charge is 0.127 e. The summed E-state index contributed by atoms with van der Waals surface area (Å²) < 4.78 is 5.62. The monoisotopic (exact) mass is 217 g/mol. The Morgan fingerprint density at radius 2 is 1.87 bits per heavy atom. The maximum Gasteiger partial charge on any atom is 0.127 e. The molecule has 1 aromatic rings. The van der Waals surface area contributed by atoms with Crippen LogP contribution in [0.25, 0.3) is 0 Å². The lowest BCUT2D eigenvalue weighted by atomic mass is 10.2. The standard InChI is InChI=1S/C12H11NOS/c13-9-1-3-10(4-2-9)14-11-5-7-12(15)8-6-11/h1-7H,8,13H2. The summed E-state index contributed by atoms with van der Waals surface area (Å²) in [6.45, 7) is 0. The molecule has 76 valence electrons. The van der Waals surface area contributed by atoms with E-state index in [0.717, 1.165) is 28.5 Å². The molecule has 0 saturated heterocycles. The summed E-state index contributed by atoms with van der Waals surface area (Å²) in [7, 11) is 0. The number of thiocarbonyl (C=S) groups is 1. The van der Waals surface area contributed by atoms with Crippen LogP contribution in [0.3, 0.4) is 0 Å². The molecule has 0 heterocycles. The van der Waals surface area contributed by atoms with Gasteiger partial charge in [0.05, 0.1) is 0 Å². The minimum atomic E-state index is 0.733. The number of allylic oxidation sites excluding steroid dienone is 3. The van der Waals surface area contributed by atoms with E-state index in [1.165, 1.54) is 0 Å². The molecule has 0 aliphatic heterocycles. The number of hydrogen-bond acceptors (Lipinski definition) is 3. The van der Waals surface area contributed by atoms with Gasteiger partial charge in [-0.3, -0.25) is 0 Å². The molecule has 0 unspecified atom stereocenters. The Balaban J connectivity index is 2.07. The van der Waals surface area contributed by atoms with Gasteiger partial charge in [0, 0.05) is 17.0 Å². The van der Waals surface area contributed by atoms with Gasteiger partial charge < -0.3 is 10.5 Å². The van der Waals surface area contributed by atoms with Crippen molar-refractivity contribution < 1.29 is 4.74 Å². The van der Waals surface area contributed by atoms with Gasteiger partial charge in [0.25, 0.3) is 0 Å². The maximum absolute atomic E-state index is 5.62. The Morgan fingerprint density at radius 1 is 1.13 bits per heavy atom. The fourth-order valence-electron chi connectivity index (χ4n) is 1.26. The highest BCUT2D eigenvalue weighted by Crippen LogP contribution is 2.18. The van der Waals surface area contributed by atoms with Crippen LogP contribution in [-0.2, 0) is 0 Å². The van der Waals surface area contributed by atoms with E-state index in [4.69, 9.17) is 22.7 Å². The van der Waals surface area contributed by atoms with Crippen LogP contribution in [0.4, 0.5) is 5.69 Å². The van der Waals surface area contributed by atoms with Crippen molar-refractivity contribution in [2.45, 2.75) is 6.42 Å². The highest BCUT2D eigenvalue weighted by molar-refractivity contribution is 7.80. The first kappa shape index (κ1) is 9.93. The first-order chi connectivity index (χ1) is 7.24. The third-order valence-corrected chi connectivity index (χ3v) is 2.36. The molecule has 0 fully saturated rings. The van der Waals surface area contributed by atoms with Gasteiger partial charge in [-0.1, -0.05) is 12.2 Å². The lowest BCUT2D eigenvalue weighted by Crippen LogP contribution is -2.00. The number of ether oxygens (including phenoxy) is 1. The van der Waals surface area contributed by atoms with Crippen LogP contribution in [0.5, 0.6) is 5.75 Å². The molecule has 2 rings (SSSR count). The SMILES string of the molecule is Nc1ccc(OC2=CCC(=S)C=C2)cc1. The predicted octanol–water partition coefficient (Wildman–Crippen LogP) is 2.86. The van der Waals surface area contributed by atoms with E-state index in [1.807, 2.05) is 42.5 Å². The largest absolute Gasteiger partial charge is 0.458 e. The normalized spacial score (nSPS) is 14.9. The zero-order chi connectivity index (χ0) is 10.7. The van der Waals surface area contributed by atoms with Crippen LogP contribution in [-0.4, -0.2) is 4.86 Å². The van der Waals surface area contributed by atoms with Crippen molar-refractivity contribution in [1.29, 1.82) is 0 Å². The van der Waals surface area contributed by atoms with Crippen molar-refractivity contribution in [3.05, 3.63) is 48.3 Å². The van der Waals surface area contributed by atoms with Crippen LogP contribution in [0.2, 0.25) is 0 Å². The van der Waals surface area contributed by atoms with Crippen molar-refractivity contribution in [3.63, 3.8) is 0 Å². The molecule has 0 aromatic heterocycles. The summed E-state index contributed by atoms with van der Waals surface area (Å²) >= 11 is 5.04. The second-order valence-electron chi connectivity index (χ2n) is 3.28. The van der Waals surface area contributed by atoms with Crippen LogP contribution < -0.4 is 10.5 Å². The topological polar surface area (TPSA) is 35.2 Å². The number of rotatable bonds is 2. The third-order valence-electron chi connectivity index (χ3n) is 2.05. The molecule has 2 N–H and O–H groups in total. The summed E-state index contributed by atoms with van der Waals surface area (Å²) in [5, 5.41) is 0. The van der Waals surface area contributed by atoms with Crippen molar-refractivity contribution >= 4 is 22.8 Å². The van der Waals surface area contributed by atoms with E-state index in [0.29, 0.717) is 0 Å². The lowest BCUT2D eigenvalue weighted by molar-refractivity contribution is 0.442. The molecule has 0 amide bonds. The Hall–Kier alpha value is -1.61. The van der Waals surface area contributed by atoms with Gasteiger partial charge in [0.1, 0.15) is 11.5 Å². The van der Waals surface area contributed by atoms with Gasteiger partial charge in [-0.05, 0) is 42.5 Å². The Morgan fingerprint density at radius 3 is 2.47 bits per heavy atom. The second-order valence-corrected chi connectivity index (χ2v) is 3.81. The van der Waals surface area contributed by atoms with Crippen molar-refractivity contribution in [1.82, 2.24) is 0 Å². The van der Waals surface area contributed by atoms with E-state index in [9.17, 15) is 0 Å². The van der Waals surface area contributed by atoms with E-state index in [2.05, 4.69) is 0 Å². The Kier molecular flexibility index (Phi) is 2.83. The van der Waals surface area contributed by atoms with Gasteiger partial charge in [-0.25, -0.2) is 0 Å². The molecule has 0 spiro atoms. The molecule has 15 heavy (non-hydrogen) atoms. The number of hydrogen-bond donors (Lipinski definition) is 1. The van der Waals surface area contributed by atoms with Crippen LogP contribution in [0, 0.1) is 0 Å². The maximum atomic E-state index is 5.62. The summed E-state index contributed by atoms with van der Waals surface area (Å²) in [6.07, 6.45) is 6.51. The third kappa shape index (κ3) is 2.67. The molecule has 0 bridgehead atoms. The molecule has 1 aliphatic rings. The fraction of sp³-hybridized carbons (Fsp3) is 0.0833. The van der Waals surface area contributed by atoms with E-state index >= 15 is 0 Å². The fourth-order valence-corrected chi connectivity index (χ4v) is 1.41. The van der Waals surface area contributed by atoms with Gasteiger partial charge in [0.2, 0.25) is 0 Å². The van der Waals surface area contributed by atoms with Crippen LogP contribution in [0.15, 0.2) is 48.3 Å². The summed E-state index contributed by atoms with van der Waals surface area (Å²) in [5.74, 6) is 1.61. The molecule has 0 saturated carbocycles. The Bertz CT molecular complexity index is 431. The lowest BCUT2D eigenvalue weighted by Gasteiger charge is -2.09. The molecule has 1 aliphatic carbocycles. The summed E-state index contributed by atoms with van der Waals surface area (Å²) in [6, 6.07) is 7.31. The first-order valence-electron chi connectivity index (χ1n) is 4.68. The van der Waals surface area contributed by atoms with Gasteiger partial charge in [0.15, 0.2) is 0 Å². The number of nitrogen functional groups attached to an aromatic ring is 1. The van der Waals surface area contributed by atoms with E-state index < -0.39 is 0 Å². The van der Waals surface area contributed by atoms with Gasteiger partial charge in [-0.15, -0.1) is 0 Å². The molecule has 2 nitrogen and oxygen atoms in total. The van der Waals surface area contributed by atoms with Crippen molar-refractivity contribution in [2.24, 2.45) is 0 Å². The van der Waals surface area contributed by atoms with Crippen LogP contribution >= 0.6 is 12.2 Å². The van der Waals surface area contributed by atoms with Gasteiger partial charge in [-0.2, -0.15) is 0 Å². The van der Waals surface area contributed by atoms with E-state index in [1.54, 1.807) is 0 Å². The average Bonchev–Trinajstić information content (AvgIpc) is 2.25. The van der Waals surface area contributed by atoms with E-state index in [-0.39, 0.29) is 0 Å². The number of nitrogens with two attached hydrogens (primary N) is 1. The first-order valence-corrected chi connectivity index (χ1v) is 5.09. The van der Waals surface area contributed by atoms with Crippen LogP contribution in [0.1, 0.15) is 6.42 Å². The molecular formula is C12H11NOS. The van der Waals surface area contributed by atoms with Gasteiger partial charge >= 0.3 is 0 Å². The minimum absolute atomic E-state index is 0.733. The Labute approximate surface area is 94.0 Å². The number of benzene rings is 1. The summed E-state index contributed by atoms with van der Waals surface area (Å²) in [4.78, 5) is 0.930. The highest BCUT2D eigenvalue weighted by atomic mass is 32.1. The molecule has 0 atom stereocenters. The summed E-state index contributed by atoms with van der Waals surface area (Å²) in [5.41, 5.74) is 6.31. The zero-order valence-corrected chi connectivity index (χ0v) is 8.96. The predicted molar refractivity (Wildman–Crippen MR) is 65.9 cm³/mol. The second kappa shape index (κ2) is 4.28. The van der Waals surface area contributed by atoms with Crippen molar-refractivity contribution in [2.75, 3.05) is 5.73 Å². The highest BCUT2D eigenvalue weighted by Gasteiger charge is 2.02. The molecule has 1 aromatic carbocycles. The zero-order valence-electron chi connectivity index (χ0n) is 8.14. The molecule has 0 radical (unpaired) electrons. The minimum Gasteiger partial charge on any atom is -0.458 e. The molecule has 3 heteroatoms. The molecular weight excluding hydrogens is 206 g/mol. The van der Waals surface area contributed by atoms with Crippen molar-refractivity contribution in [3.8, 4) is 5.75 Å². The average molecular weight is 217 g/mol. The number of anilines is 1. The quantitative estimate of drug-likeness (QED) is 0.611.